The van der Waals surface area contributed by atoms with Crippen molar-refractivity contribution in [2.45, 2.75) is 33.3 Å². The van der Waals surface area contributed by atoms with Gasteiger partial charge < -0.3 is 25.1 Å². The molecule has 1 aromatic rings. The molecule has 1 heterocycles. The monoisotopic (exact) mass is 338 g/mol. The van der Waals surface area contributed by atoms with Gasteiger partial charge in [-0.05, 0) is 31.4 Å². The second-order valence-electron chi connectivity index (χ2n) is 5.69. The fraction of sp³-hybridized carbons (Fsp3) is 0.647. The molecule has 3 N–H and O–H groups in total. The number of guanidine groups is 1. The van der Waals surface area contributed by atoms with Gasteiger partial charge in [-0.15, -0.1) is 0 Å². The van der Waals surface area contributed by atoms with E-state index in [1.807, 2.05) is 6.92 Å². The molecule has 1 atom stereocenters. The van der Waals surface area contributed by atoms with Crippen LogP contribution in [0.15, 0.2) is 27.8 Å². The molecule has 0 aromatic carbocycles. The SMILES string of the molecule is CCOC(CCNC(=NC)NCCNC(=O)c1ccco1)C(C)C. The molecule has 1 rings (SSSR count). The third-order valence-corrected chi connectivity index (χ3v) is 3.52. The van der Waals surface area contributed by atoms with E-state index in [1.54, 1.807) is 19.2 Å². The third-order valence-electron chi connectivity index (χ3n) is 3.52. The van der Waals surface area contributed by atoms with Crippen LogP contribution >= 0.6 is 0 Å². The fourth-order valence-corrected chi connectivity index (χ4v) is 2.23. The van der Waals surface area contributed by atoms with E-state index in [-0.39, 0.29) is 12.0 Å². The molecule has 1 amide bonds. The van der Waals surface area contributed by atoms with Crippen molar-refractivity contribution in [2.24, 2.45) is 10.9 Å². The van der Waals surface area contributed by atoms with Crippen molar-refractivity contribution >= 4 is 11.9 Å². The van der Waals surface area contributed by atoms with Crippen LogP contribution in [0, 0.1) is 5.92 Å². The number of carbonyl (C=O) groups is 1. The summed E-state index contributed by atoms with van der Waals surface area (Å²) in [5.41, 5.74) is 0. The predicted octanol–water partition coefficient (Wildman–Crippen LogP) is 1.63. The number of nitrogens with one attached hydrogen (secondary N) is 3. The van der Waals surface area contributed by atoms with Gasteiger partial charge in [0.2, 0.25) is 0 Å². The molecule has 0 saturated carbocycles. The molecule has 0 bridgehead atoms. The molecule has 0 aliphatic heterocycles. The van der Waals surface area contributed by atoms with E-state index in [0.29, 0.717) is 30.7 Å². The van der Waals surface area contributed by atoms with Gasteiger partial charge in [-0.3, -0.25) is 9.79 Å². The number of hydrogen-bond donors (Lipinski definition) is 3. The second kappa shape index (κ2) is 11.5. The molecular formula is C17H30N4O3. The molecule has 24 heavy (non-hydrogen) atoms. The van der Waals surface area contributed by atoms with E-state index in [0.717, 1.165) is 19.6 Å². The molecule has 1 unspecified atom stereocenters. The molecule has 7 heteroatoms. The maximum absolute atomic E-state index is 11.7. The van der Waals surface area contributed by atoms with Crippen LogP contribution in [0.5, 0.6) is 0 Å². The van der Waals surface area contributed by atoms with Crippen molar-refractivity contribution in [2.75, 3.05) is 33.3 Å². The van der Waals surface area contributed by atoms with Crippen molar-refractivity contribution in [1.29, 1.82) is 0 Å². The number of rotatable bonds is 10. The fourth-order valence-electron chi connectivity index (χ4n) is 2.23. The number of amides is 1. The van der Waals surface area contributed by atoms with E-state index < -0.39 is 0 Å². The van der Waals surface area contributed by atoms with Crippen LogP contribution in [0.3, 0.4) is 0 Å². The first kappa shape index (κ1) is 20.0. The normalized spacial score (nSPS) is 13.0. The summed E-state index contributed by atoms with van der Waals surface area (Å²) in [7, 11) is 1.72. The molecule has 0 spiro atoms. The lowest BCUT2D eigenvalue weighted by atomic mass is 10.0. The Kier molecular flexibility index (Phi) is 9.60. The molecule has 0 aliphatic rings. The third kappa shape index (κ3) is 7.50. The molecule has 0 radical (unpaired) electrons. The van der Waals surface area contributed by atoms with Crippen LogP contribution in [0.4, 0.5) is 0 Å². The zero-order chi connectivity index (χ0) is 17.8. The van der Waals surface area contributed by atoms with E-state index in [1.165, 1.54) is 6.26 Å². The van der Waals surface area contributed by atoms with Crippen LogP contribution in [0.25, 0.3) is 0 Å². The molecule has 136 valence electrons. The van der Waals surface area contributed by atoms with Gasteiger partial charge in [0.1, 0.15) is 0 Å². The van der Waals surface area contributed by atoms with Gasteiger partial charge in [-0.1, -0.05) is 13.8 Å². The number of hydrogen-bond acceptors (Lipinski definition) is 4. The van der Waals surface area contributed by atoms with Gasteiger partial charge >= 0.3 is 0 Å². The summed E-state index contributed by atoms with van der Waals surface area (Å²) in [6, 6.07) is 3.32. The van der Waals surface area contributed by atoms with Gasteiger partial charge in [0.25, 0.3) is 5.91 Å². The lowest BCUT2D eigenvalue weighted by molar-refractivity contribution is 0.0258. The van der Waals surface area contributed by atoms with E-state index in [9.17, 15) is 4.79 Å². The minimum absolute atomic E-state index is 0.221. The van der Waals surface area contributed by atoms with Crippen molar-refractivity contribution < 1.29 is 13.9 Å². The van der Waals surface area contributed by atoms with Crippen molar-refractivity contribution in [3.63, 3.8) is 0 Å². The van der Waals surface area contributed by atoms with Crippen molar-refractivity contribution in [3.8, 4) is 0 Å². The average molecular weight is 338 g/mol. The first-order valence-electron chi connectivity index (χ1n) is 8.46. The minimum Gasteiger partial charge on any atom is -0.459 e. The number of carbonyl (C=O) groups excluding carboxylic acids is 1. The van der Waals surface area contributed by atoms with Crippen molar-refractivity contribution in [3.05, 3.63) is 24.2 Å². The number of furan rings is 1. The predicted molar refractivity (Wildman–Crippen MR) is 95.3 cm³/mol. The maximum Gasteiger partial charge on any atom is 0.287 e. The minimum atomic E-state index is -0.221. The zero-order valence-corrected chi connectivity index (χ0v) is 15.1. The lowest BCUT2D eigenvalue weighted by Gasteiger charge is -2.21. The number of ether oxygens (including phenoxy) is 1. The molecular weight excluding hydrogens is 308 g/mol. The Morgan fingerprint density at radius 3 is 2.54 bits per heavy atom. The van der Waals surface area contributed by atoms with E-state index >= 15 is 0 Å². The highest BCUT2D eigenvalue weighted by Gasteiger charge is 2.13. The van der Waals surface area contributed by atoms with Crippen molar-refractivity contribution in [1.82, 2.24) is 16.0 Å². The first-order chi connectivity index (χ1) is 11.6. The van der Waals surface area contributed by atoms with Gasteiger partial charge in [-0.2, -0.15) is 0 Å². The zero-order valence-electron chi connectivity index (χ0n) is 15.1. The molecule has 1 aromatic heterocycles. The van der Waals surface area contributed by atoms with E-state index in [4.69, 9.17) is 9.15 Å². The Morgan fingerprint density at radius 1 is 1.25 bits per heavy atom. The summed E-state index contributed by atoms with van der Waals surface area (Å²) in [5.74, 6) is 1.29. The topological polar surface area (TPSA) is 87.9 Å². The summed E-state index contributed by atoms with van der Waals surface area (Å²) in [6.07, 6.45) is 2.64. The summed E-state index contributed by atoms with van der Waals surface area (Å²) in [4.78, 5) is 15.9. The summed E-state index contributed by atoms with van der Waals surface area (Å²) in [6.45, 7) is 8.90. The summed E-state index contributed by atoms with van der Waals surface area (Å²) >= 11 is 0. The highest BCUT2D eigenvalue weighted by atomic mass is 16.5. The summed E-state index contributed by atoms with van der Waals surface area (Å²) in [5, 5.41) is 9.19. The van der Waals surface area contributed by atoms with Crippen LogP contribution in [-0.4, -0.2) is 51.3 Å². The average Bonchev–Trinajstić information content (AvgIpc) is 3.10. The molecule has 7 nitrogen and oxygen atoms in total. The Morgan fingerprint density at radius 2 is 1.96 bits per heavy atom. The highest BCUT2D eigenvalue weighted by molar-refractivity contribution is 5.91. The summed E-state index contributed by atoms with van der Waals surface area (Å²) < 4.78 is 10.8. The van der Waals surface area contributed by atoms with Gasteiger partial charge in [0.05, 0.1) is 12.4 Å². The first-order valence-corrected chi connectivity index (χ1v) is 8.46. The van der Waals surface area contributed by atoms with E-state index in [2.05, 4.69) is 34.8 Å². The standard InChI is InChI=1S/C17H30N4O3/c1-5-23-14(13(2)3)8-9-20-17(18-4)21-11-10-19-16(22)15-7-6-12-24-15/h6-7,12-14H,5,8-11H2,1-4H3,(H,19,22)(H2,18,20,21). The van der Waals surface area contributed by atoms with Gasteiger partial charge in [-0.25, -0.2) is 0 Å². The number of aliphatic imine (C=N–C) groups is 1. The Labute approximate surface area is 144 Å². The number of nitrogens with zero attached hydrogens (tertiary/aromatic N) is 1. The molecule has 0 aliphatic carbocycles. The van der Waals surface area contributed by atoms with Crippen LogP contribution < -0.4 is 16.0 Å². The quantitative estimate of drug-likeness (QED) is 0.343. The Hall–Kier alpha value is -2.02. The van der Waals surface area contributed by atoms with Gasteiger partial charge in [0.15, 0.2) is 11.7 Å². The maximum atomic E-state index is 11.7. The molecule has 0 fully saturated rings. The van der Waals surface area contributed by atoms with Crippen LogP contribution in [0.2, 0.25) is 0 Å². The smallest absolute Gasteiger partial charge is 0.287 e. The van der Waals surface area contributed by atoms with Gasteiger partial charge in [0, 0.05) is 33.3 Å². The highest BCUT2D eigenvalue weighted by Crippen LogP contribution is 2.09. The second-order valence-corrected chi connectivity index (χ2v) is 5.69. The van der Waals surface area contributed by atoms with Crippen LogP contribution in [-0.2, 0) is 4.74 Å². The van der Waals surface area contributed by atoms with Crippen LogP contribution in [0.1, 0.15) is 37.7 Å². The Balaban J connectivity index is 2.19. The molecule has 0 saturated heterocycles. The Bertz CT molecular complexity index is 486. The largest absolute Gasteiger partial charge is 0.459 e. The lowest BCUT2D eigenvalue weighted by Crippen LogP contribution is -2.42.